The molecule has 1 heterocycles. The molecule has 3 unspecified atom stereocenters. The first-order valence-corrected chi connectivity index (χ1v) is 10.4. The van der Waals surface area contributed by atoms with Gasteiger partial charge in [0.1, 0.15) is 17.1 Å². The normalized spacial score (nSPS) is 25.5. The van der Waals surface area contributed by atoms with Crippen molar-refractivity contribution in [2.75, 3.05) is 13.7 Å². The molecule has 1 aromatic rings. The number of methoxy groups -OCH3 is 1. The molecule has 2 aliphatic rings. The summed E-state index contributed by atoms with van der Waals surface area (Å²) >= 11 is 0. The van der Waals surface area contributed by atoms with Crippen LogP contribution in [0.5, 0.6) is 11.5 Å². The van der Waals surface area contributed by atoms with E-state index in [1.807, 2.05) is 19.1 Å². The highest BCUT2D eigenvalue weighted by Crippen LogP contribution is 2.40. The van der Waals surface area contributed by atoms with Gasteiger partial charge in [0.25, 0.3) is 0 Å². The van der Waals surface area contributed by atoms with Crippen molar-refractivity contribution in [3.63, 3.8) is 0 Å². The van der Waals surface area contributed by atoms with E-state index in [0.717, 1.165) is 5.57 Å². The average Bonchev–Trinajstić information content (AvgIpc) is 2.71. The Hall–Kier alpha value is -3.13. The largest absolute Gasteiger partial charge is 0.507 e. The molecule has 1 N–H and O–H groups in total. The van der Waals surface area contributed by atoms with Gasteiger partial charge < -0.3 is 24.1 Å². The summed E-state index contributed by atoms with van der Waals surface area (Å²) in [6.45, 7) is 6.25. The third kappa shape index (κ3) is 4.41. The number of hydrogen-bond donors (Lipinski definition) is 1. The Kier molecular flexibility index (Phi) is 6.74. The topological polar surface area (TPSA) is 108 Å². The zero-order chi connectivity index (χ0) is 23.6. The van der Waals surface area contributed by atoms with Crippen molar-refractivity contribution in [3.8, 4) is 11.5 Å². The van der Waals surface area contributed by atoms with Crippen LogP contribution < -0.4 is 4.74 Å². The Balaban J connectivity index is 1.97. The molecule has 0 radical (unpaired) electrons. The predicted molar refractivity (Wildman–Crippen MR) is 115 cm³/mol. The van der Waals surface area contributed by atoms with Crippen LogP contribution in [-0.4, -0.2) is 54.4 Å². The monoisotopic (exact) mass is 444 g/mol. The van der Waals surface area contributed by atoms with Crippen LogP contribution in [-0.2, 0) is 23.8 Å². The summed E-state index contributed by atoms with van der Waals surface area (Å²) < 4.78 is 22.0. The van der Waals surface area contributed by atoms with E-state index in [1.165, 1.54) is 27.0 Å². The minimum Gasteiger partial charge on any atom is -0.507 e. The number of benzene rings is 1. The first-order chi connectivity index (χ1) is 15.1. The molecule has 0 saturated carbocycles. The van der Waals surface area contributed by atoms with E-state index < -0.39 is 29.4 Å². The standard InChI is InChI=1S/C24H28O8/c1-6-7-16-9-15-10-20(31-14(3)25)24(4,22(27)18(15)12-30-16)32-23(28)21-13(2)8-17(29-5)11-19(21)26/h6-8,11,16,20,26H,9-10,12H2,1-5H3/b7-6+. The van der Waals surface area contributed by atoms with Gasteiger partial charge in [0.05, 0.1) is 19.8 Å². The van der Waals surface area contributed by atoms with Crippen LogP contribution in [0, 0.1) is 6.92 Å². The fraction of sp³-hybridized carbons (Fsp3) is 0.458. The van der Waals surface area contributed by atoms with Gasteiger partial charge in [0, 0.05) is 25.0 Å². The van der Waals surface area contributed by atoms with E-state index in [0.29, 0.717) is 23.3 Å². The fourth-order valence-electron chi connectivity index (χ4n) is 4.18. The number of aryl methyl sites for hydroxylation is 1. The van der Waals surface area contributed by atoms with E-state index in [9.17, 15) is 19.5 Å². The molecule has 0 bridgehead atoms. The molecule has 3 atom stereocenters. The van der Waals surface area contributed by atoms with Crippen LogP contribution in [0.3, 0.4) is 0 Å². The molecule has 8 nitrogen and oxygen atoms in total. The number of rotatable bonds is 5. The maximum Gasteiger partial charge on any atom is 0.343 e. The lowest BCUT2D eigenvalue weighted by atomic mass is 9.75. The van der Waals surface area contributed by atoms with E-state index in [2.05, 4.69) is 0 Å². The quantitative estimate of drug-likeness (QED) is 0.545. The number of Topliss-reactive ketones (excluding diaryl/α,β-unsaturated/α-hetero) is 1. The van der Waals surface area contributed by atoms with Crippen molar-refractivity contribution in [2.45, 2.75) is 58.3 Å². The highest BCUT2D eigenvalue weighted by molar-refractivity contribution is 6.06. The predicted octanol–water partition coefficient (Wildman–Crippen LogP) is 3.19. The minimum atomic E-state index is -1.77. The van der Waals surface area contributed by atoms with E-state index in [1.54, 1.807) is 13.0 Å². The van der Waals surface area contributed by atoms with Crippen molar-refractivity contribution in [3.05, 3.63) is 46.6 Å². The third-order valence-corrected chi connectivity index (χ3v) is 5.84. The SMILES string of the molecule is C/C=C/C1CC2=C(CO1)C(=O)C(C)(OC(=O)c1c(C)cc(OC)cc1O)C(OC(C)=O)C2. The number of esters is 2. The zero-order valence-corrected chi connectivity index (χ0v) is 18.9. The van der Waals surface area contributed by atoms with Gasteiger partial charge in [0.15, 0.2) is 6.10 Å². The van der Waals surface area contributed by atoms with Crippen molar-refractivity contribution in [1.29, 1.82) is 0 Å². The summed E-state index contributed by atoms with van der Waals surface area (Å²) in [6, 6.07) is 2.86. The van der Waals surface area contributed by atoms with Crippen molar-refractivity contribution in [1.82, 2.24) is 0 Å². The lowest BCUT2D eigenvalue weighted by Gasteiger charge is -2.42. The van der Waals surface area contributed by atoms with Gasteiger partial charge in [-0.3, -0.25) is 9.59 Å². The highest BCUT2D eigenvalue weighted by Gasteiger charge is 2.53. The number of ether oxygens (including phenoxy) is 4. The number of aromatic hydroxyl groups is 1. The summed E-state index contributed by atoms with van der Waals surface area (Å²) in [5.74, 6) is -1.92. The van der Waals surface area contributed by atoms with Crippen molar-refractivity contribution >= 4 is 17.7 Å². The van der Waals surface area contributed by atoms with Crippen LogP contribution in [0.15, 0.2) is 35.4 Å². The molecule has 0 aromatic heterocycles. The summed E-state index contributed by atoms with van der Waals surface area (Å²) in [7, 11) is 1.44. The van der Waals surface area contributed by atoms with Gasteiger partial charge in [-0.2, -0.15) is 0 Å². The summed E-state index contributed by atoms with van der Waals surface area (Å²) in [6.07, 6.45) is 3.34. The lowest BCUT2D eigenvalue weighted by Crippen LogP contribution is -2.56. The van der Waals surface area contributed by atoms with Gasteiger partial charge in [-0.15, -0.1) is 0 Å². The second kappa shape index (κ2) is 9.16. The van der Waals surface area contributed by atoms with Crippen LogP contribution in [0.4, 0.5) is 0 Å². The van der Waals surface area contributed by atoms with Gasteiger partial charge in [0.2, 0.25) is 11.4 Å². The van der Waals surface area contributed by atoms with Gasteiger partial charge in [-0.25, -0.2) is 4.79 Å². The van der Waals surface area contributed by atoms with Gasteiger partial charge >= 0.3 is 11.9 Å². The Morgan fingerprint density at radius 1 is 1.28 bits per heavy atom. The number of phenols is 1. The smallest absolute Gasteiger partial charge is 0.343 e. The molecule has 0 fully saturated rings. The molecule has 172 valence electrons. The highest BCUT2D eigenvalue weighted by atomic mass is 16.6. The van der Waals surface area contributed by atoms with Gasteiger partial charge in [-0.1, -0.05) is 17.7 Å². The van der Waals surface area contributed by atoms with E-state index in [-0.39, 0.29) is 30.4 Å². The Labute approximate surface area is 186 Å². The number of carbonyl (C=O) groups excluding carboxylic acids is 3. The molecule has 32 heavy (non-hydrogen) atoms. The lowest BCUT2D eigenvalue weighted by molar-refractivity contribution is -0.169. The van der Waals surface area contributed by atoms with E-state index >= 15 is 0 Å². The molecule has 1 aromatic carbocycles. The summed E-state index contributed by atoms with van der Waals surface area (Å²) in [4.78, 5) is 38.3. The molecule has 3 rings (SSSR count). The Morgan fingerprint density at radius 2 is 2.00 bits per heavy atom. The molecule has 0 spiro atoms. The first kappa shape index (κ1) is 23.5. The van der Waals surface area contributed by atoms with E-state index in [4.69, 9.17) is 18.9 Å². The summed E-state index contributed by atoms with van der Waals surface area (Å²) in [5, 5.41) is 10.3. The number of allylic oxidation sites excluding steroid dienone is 1. The maximum absolute atomic E-state index is 13.5. The summed E-state index contributed by atoms with van der Waals surface area (Å²) in [5.41, 5.74) is -0.184. The zero-order valence-electron chi connectivity index (χ0n) is 18.9. The molecule has 1 aliphatic heterocycles. The van der Waals surface area contributed by atoms with Crippen LogP contribution in [0.25, 0.3) is 0 Å². The Morgan fingerprint density at radius 3 is 2.59 bits per heavy atom. The van der Waals surface area contributed by atoms with Crippen molar-refractivity contribution < 1.29 is 38.4 Å². The molecular formula is C24H28O8. The second-order valence-corrected chi connectivity index (χ2v) is 8.13. The Bertz CT molecular complexity index is 982. The molecule has 0 amide bonds. The second-order valence-electron chi connectivity index (χ2n) is 8.13. The number of hydrogen-bond acceptors (Lipinski definition) is 8. The number of phenolic OH excluding ortho intramolecular Hbond substituents is 1. The third-order valence-electron chi connectivity index (χ3n) is 5.84. The first-order valence-electron chi connectivity index (χ1n) is 10.4. The van der Waals surface area contributed by atoms with Crippen molar-refractivity contribution in [2.24, 2.45) is 0 Å². The average molecular weight is 444 g/mol. The van der Waals surface area contributed by atoms with Gasteiger partial charge in [-0.05, 0) is 38.8 Å². The molecule has 0 saturated heterocycles. The van der Waals surface area contributed by atoms with Crippen LogP contribution >= 0.6 is 0 Å². The number of carbonyl (C=O) groups is 3. The molecule has 1 aliphatic carbocycles. The van der Waals surface area contributed by atoms with Crippen LogP contribution in [0.2, 0.25) is 0 Å². The van der Waals surface area contributed by atoms with Crippen LogP contribution in [0.1, 0.15) is 49.5 Å². The molecule has 8 heteroatoms. The minimum absolute atomic E-state index is 0.0793. The maximum atomic E-state index is 13.5. The fourth-order valence-corrected chi connectivity index (χ4v) is 4.18. The number of ketones is 1. The molecular weight excluding hydrogens is 416 g/mol.